The molecule has 0 saturated carbocycles. The summed E-state index contributed by atoms with van der Waals surface area (Å²) >= 11 is 0. The number of hydrogen-bond acceptors (Lipinski definition) is 3. The fourth-order valence-electron chi connectivity index (χ4n) is 2.28. The summed E-state index contributed by atoms with van der Waals surface area (Å²) in [4.78, 5) is 2.38. The van der Waals surface area contributed by atoms with Crippen molar-refractivity contribution in [3.63, 3.8) is 0 Å². The summed E-state index contributed by atoms with van der Waals surface area (Å²) in [6.45, 7) is 9.37. The van der Waals surface area contributed by atoms with Crippen molar-refractivity contribution < 1.29 is 4.42 Å². The first kappa shape index (κ1) is 14.7. The molecule has 3 nitrogen and oxygen atoms in total. The molecular formula is C17H24N2O. The molecule has 1 atom stereocenters. The second-order valence-electron chi connectivity index (χ2n) is 5.11. The third kappa shape index (κ3) is 3.87. The van der Waals surface area contributed by atoms with E-state index in [0.29, 0.717) is 0 Å². The smallest absolute Gasteiger partial charge is 0.120 e. The number of nitrogens with zero attached hydrogens (tertiary/aromatic N) is 1. The fraction of sp³-hybridized carbons (Fsp3) is 0.412. The van der Waals surface area contributed by atoms with Crippen molar-refractivity contribution in [1.82, 2.24) is 5.32 Å². The average Bonchev–Trinajstić information content (AvgIpc) is 2.99. The average molecular weight is 272 g/mol. The number of furan rings is 1. The maximum Gasteiger partial charge on any atom is 0.120 e. The third-order valence-corrected chi connectivity index (χ3v) is 3.58. The second kappa shape index (κ2) is 7.15. The monoisotopic (exact) mass is 272 g/mol. The zero-order chi connectivity index (χ0) is 14.4. The lowest BCUT2D eigenvalue weighted by Crippen LogP contribution is -2.33. The molecule has 0 spiro atoms. The molecule has 3 heteroatoms. The molecule has 20 heavy (non-hydrogen) atoms. The van der Waals surface area contributed by atoms with Crippen molar-refractivity contribution in [2.24, 2.45) is 0 Å². The number of rotatable bonds is 7. The zero-order valence-corrected chi connectivity index (χ0v) is 12.6. The molecule has 0 aliphatic heterocycles. The van der Waals surface area contributed by atoms with E-state index >= 15 is 0 Å². The van der Waals surface area contributed by atoms with Gasteiger partial charge in [-0.25, -0.2) is 0 Å². The van der Waals surface area contributed by atoms with Crippen LogP contribution in [0.3, 0.4) is 0 Å². The van der Waals surface area contributed by atoms with Crippen LogP contribution in [0, 0.1) is 6.92 Å². The van der Waals surface area contributed by atoms with Crippen LogP contribution in [0.15, 0.2) is 47.1 Å². The van der Waals surface area contributed by atoms with Crippen molar-refractivity contribution in [1.29, 1.82) is 0 Å². The topological polar surface area (TPSA) is 28.4 Å². The molecule has 2 rings (SSSR count). The van der Waals surface area contributed by atoms with E-state index in [-0.39, 0.29) is 6.04 Å². The first-order valence-corrected chi connectivity index (χ1v) is 7.29. The van der Waals surface area contributed by atoms with Gasteiger partial charge in [-0.1, -0.05) is 17.7 Å². The van der Waals surface area contributed by atoms with Gasteiger partial charge in [-0.2, -0.15) is 0 Å². The van der Waals surface area contributed by atoms with E-state index in [0.717, 1.165) is 25.4 Å². The number of likely N-dealkylation sites (N-methyl/N-ethyl adjacent to an activating group) is 1. The minimum atomic E-state index is 0.252. The minimum absolute atomic E-state index is 0.252. The Labute approximate surface area is 121 Å². The lowest BCUT2D eigenvalue weighted by molar-refractivity contribution is 0.432. The number of aryl methyl sites for hydroxylation is 1. The second-order valence-corrected chi connectivity index (χ2v) is 5.11. The molecule has 0 fully saturated rings. The normalized spacial score (nSPS) is 12.3. The Morgan fingerprint density at radius 2 is 1.95 bits per heavy atom. The van der Waals surface area contributed by atoms with E-state index in [1.165, 1.54) is 11.3 Å². The number of nitrogens with one attached hydrogen (secondary N) is 1. The number of anilines is 1. The van der Waals surface area contributed by atoms with Crippen LogP contribution in [0.1, 0.15) is 31.2 Å². The molecule has 1 heterocycles. The summed E-state index contributed by atoms with van der Waals surface area (Å²) in [7, 11) is 0. The van der Waals surface area contributed by atoms with E-state index in [4.69, 9.17) is 4.42 Å². The predicted octanol–water partition coefficient (Wildman–Crippen LogP) is 3.77. The Hall–Kier alpha value is -1.74. The molecule has 0 radical (unpaired) electrons. The van der Waals surface area contributed by atoms with Gasteiger partial charge in [0.05, 0.1) is 12.3 Å². The molecule has 0 aliphatic carbocycles. The lowest BCUT2D eigenvalue weighted by Gasteiger charge is -2.24. The van der Waals surface area contributed by atoms with Gasteiger partial charge in [-0.3, -0.25) is 0 Å². The van der Waals surface area contributed by atoms with Crippen LogP contribution >= 0.6 is 0 Å². The van der Waals surface area contributed by atoms with Crippen LogP contribution in [-0.4, -0.2) is 19.6 Å². The summed E-state index contributed by atoms with van der Waals surface area (Å²) in [5.74, 6) is 0.989. The molecule has 1 unspecified atom stereocenters. The summed E-state index contributed by atoms with van der Waals surface area (Å²) in [5.41, 5.74) is 2.58. The highest BCUT2D eigenvalue weighted by molar-refractivity contribution is 5.47. The Morgan fingerprint density at radius 1 is 1.20 bits per heavy atom. The van der Waals surface area contributed by atoms with Gasteiger partial charge in [0, 0.05) is 25.3 Å². The first-order chi connectivity index (χ1) is 9.70. The van der Waals surface area contributed by atoms with E-state index in [1.807, 2.05) is 12.1 Å². The molecule has 0 amide bonds. The predicted molar refractivity (Wildman–Crippen MR) is 84.2 cm³/mol. The Morgan fingerprint density at radius 3 is 2.55 bits per heavy atom. The zero-order valence-electron chi connectivity index (χ0n) is 12.6. The Kier molecular flexibility index (Phi) is 5.24. The van der Waals surface area contributed by atoms with Gasteiger partial charge in [0.25, 0.3) is 0 Å². The van der Waals surface area contributed by atoms with E-state index in [1.54, 1.807) is 6.26 Å². The van der Waals surface area contributed by atoms with Crippen molar-refractivity contribution in [3.05, 3.63) is 54.0 Å². The summed E-state index contributed by atoms with van der Waals surface area (Å²) in [6.07, 6.45) is 1.72. The Bertz CT molecular complexity index is 490. The van der Waals surface area contributed by atoms with Crippen LogP contribution in [0.25, 0.3) is 0 Å². The quantitative estimate of drug-likeness (QED) is 0.831. The molecule has 1 aromatic carbocycles. The fourth-order valence-corrected chi connectivity index (χ4v) is 2.28. The van der Waals surface area contributed by atoms with Crippen LogP contribution in [0.5, 0.6) is 0 Å². The molecule has 0 saturated heterocycles. The molecule has 2 aromatic rings. The molecule has 1 N–H and O–H groups in total. The molecular weight excluding hydrogens is 248 g/mol. The largest absolute Gasteiger partial charge is 0.468 e. The summed E-state index contributed by atoms with van der Waals surface area (Å²) in [5, 5.41) is 3.50. The van der Waals surface area contributed by atoms with Crippen molar-refractivity contribution in [2.45, 2.75) is 26.8 Å². The van der Waals surface area contributed by atoms with Gasteiger partial charge >= 0.3 is 0 Å². The van der Waals surface area contributed by atoms with Crippen molar-refractivity contribution in [2.75, 3.05) is 24.5 Å². The van der Waals surface area contributed by atoms with Crippen LogP contribution in [-0.2, 0) is 0 Å². The lowest BCUT2D eigenvalue weighted by atomic mass is 10.2. The third-order valence-electron chi connectivity index (χ3n) is 3.58. The minimum Gasteiger partial charge on any atom is -0.468 e. The van der Waals surface area contributed by atoms with Gasteiger partial charge in [0.1, 0.15) is 5.76 Å². The summed E-state index contributed by atoms with van der Waals surface area (Å²) in [6, 6.07) is 12.9. The molecule has 1 aromatic heterocycles. The van der Waals surface area contributed by atoms with Gasteiger partial charge in [0.2, 0.25) is 0 Å². The SMILES string of the molecule is CCN(CCNC(C)c1ccco1)c1ccc(C)cc1. The highest BCUT2D eigenvalue weighted by Gasteiger charge is 2.08. The standard InChI is InChI=1S/C17H24N2O/c1-4-19(16-9-7-14(2)8-10-16)12-11-18-15(3)17-6-5-13-20-17/h5-10,13,15,18H,4,11-12H2,1-3H3. The van der Waals surface area contributed by atoms with Crippen LogP contribution in [0.4, 0.5) is 5.69 Å². The van der Waals surface area contributed by atoms with Crippen molar-refractivity contribution in [3.8, 4) is 0 Å². The van der Waals surface area contributed by atoms with Crippen molar-refractivity contribution >= 4 is 5.69 Å². The van der Waals surface area contributed by atoms with Gasteiger partial charge in [-0.15, -0.1) is 0 Å². The highest BCUT2D eigenvalue weighted by atomic mass is 16.3. The van der Waals surface area contributed by atoms with E-state index in [2.05, 4.69) is 55.3 Å². The van der Waals surface area contributed by atoms with Gasteiger partial charge in [-0.05, 0) is 45.0 Å². The first-order valence-electron chi connectivity index (χ1n) is 7.29. The molecule has 0 bridgehead atoms. The van der Waals surface area contributed by atoms with Crippen LogP contribution in [0.2, 0.25) is 0 Å². The van der Waals surface area contributed by atoms with Crippen LogP contribution < -0.4 is 10.2 Å². The Balaban J connectivity index is 1.83. The maximum absolute atomic E-state index is 5.40. The summed E-state index contributed by atoms with van der Waals surface area (Å²) < 4.78 is 5.40. The maximum atomic E-state index is 5.40. The van der Waals surface area contributed by atoms with Gasteiger partial charge in [0.15, 0.2) is 0 Å². The van der Waals surface area contributed by atoms with E-state index in [9.17, 15) is 0 Å². The number of benzene rings is 1. The number of hydrogen-bond donors (Lipinski definition) is 1. The van der Waals surface area contributed by atoms with Gasteiger partial charge < -0.3 is 14.6 Å². The molecule has 108 valence electrons. The highest BCUT2D eigenvalue weighted by Crippen LogP contribution is 2.15. The van der Waals surface area contributed by atoms with E-state index < -0.39 is 0 Å². The molecule has 0 aliphatic rings.